The zero-order valence-electron chi connectivity index (χ0n) is 12.4. The molecule has 1 N–H and O–H groups in total. The highest BCUT2D eigenvalue weighted by Crippen LogP contribution is 2.18. The molecule has 2 aromatic rings. The Bertz CT molecular complexity index is 593. The van der Waals surface area contributed by atoms with Crippen LogP contribution in [-0.2, 0) is 10.5 Å². The van der Waals surface area contributed by atoms with E-state index in [0.717, 1.165) is 5.56 Å². The lowest BCUT2D eigenvalue weighted by Crippen LogP contribution is -2.31. The van der Waals surface area contributed by atoms with Crippen LogP contribution in [0.15, 0.2) is 28.8 Å². The van der Waals surface area contributed by atoms with Gasteiger partial charge in [-0.2, -0.15) is 4.98 Å². The minimum absolute atomic E-state index is 0.0215. The largest absolute Gasteiger partial charge is 0.353 e. The smallest absolute Gasteiger partial charge is 0.236 e. The monoisotopic (exact) mass is 305 g/mol. The molecule has 0 bridgehead atoms. The number of rotatable bonds is 6. The number of nitrogens with zero attached hydrogens (tertiary/aromatic N) is 2. The molecule has 0 radical (unpaired) electrons. The molecule has 0 saturated carbocycles. The van der Waals surface area contributed by atoms with Crippen molar-refractivity contribution in [3.05, 3.63) is 35.7 Å². The van der Waals surface area contributed by atoms with Gasteiger partial charge in [0.2, 0.25) is 17.6 Å². The van der Waals surface area contributed by atoms with Crippen LogP contribution in [0.3, 0.4) is 0 Å². The van der Waals surface area contributed by atoms with Crippen molar-refractivity contribution >= 4 is 17.7 Å². The summed E-state index contributed by atoms with van der Waals surface area (Å²) in [5.74, 6) is 2.06. The highest BCUT2D eigenvalue weighted by molar-refractivity contribution is 7.99. The molecule has 5 nitrogen and oxygen atoms in total. The number of carbonyl (C=O) groups excluding carboxylic acids is 1. The van der Waals surface area contributed by atoms with E-state index >= 15 is 0 Å². The summed E-state index contributed by atoms with van der Waals surface area (Å²) in [6.45, 7) is 5.91. The Morgan fingerprint density at radius 1 is 1.33 bits per heavy atom. The average Bonchev–Trinajstić information content (AvgIpc) is 2.87. The molecule has 21 heavy (non-hydrogen) atoms. The first kappa shape index (κ1) is 15.6. The second kappa shape index (κ2) is 7.26. The molecule has 0 aliphatic carbocycles. The third kappa shape index (κ3) is 4.90. The SMILES string of the molecule is Cc1ccc(-c2noc(CSCC(=O)NC(C)C)n2)cc1. The number of nitrogens with one attached hydrogen (secondary N) is 1. The Morgan fingerprint density at radius 2 is 2.05 bits per heavy atom. The second-order valence-electron chi connectivity index (χ2n) is 5.09. The number of carbonyl (C=O) groups is 1. The van der Waals surface area contributed by atoms with Crippen molar-refractivity contribution in [1.82, 2.24) is 15.5 Å². The number of aryl methyl sites for hydroxylation is 1. The summed E-state index contributed by atoms with van der Waals surface area (Å²) in [5.41, 5.74) is 2.12. The van der Waals surface area contributed by atoms with Crippen molar-refractivity contribution in [2.24, 2.45) is 0 Å². The van der Waals surface area contributed by atoms with E-state index in [1.807, 2.05) is 45.0 Å². The van der Waals surface area contributed by atoms with E-state index in [4.69, 9.17) is 4.52 Å². The molecule has 1 aromatic carbocycles. The van der Waals surface area contributed by atoms with Crippen LogP contribution in [0.5, 0.6) is 0 Å². The molecule has 1 heterocycles. The van der Waals surface area contributed by atoms with Crippen molar-refractivity contribution in [3.8, 4) is 11.4 Å². The molecule has 2 rings (SSSR count). The van der Waals surface area contributed by atoms with Crippen molar-refractivity contribution in [2.75, 3.05) is 5.75 Å². The summed E-state index contributed by atoms with van der Waals surface area (Å²) in [7, 11) is 0. The molecule has 1 amide bonds. The molecule has 1 aromatic heterocycles. The van der Waals surface area contributed by atoms with Gasteiger partial charge in [-0.1, -0.05) is 35.0 Å². The molecule has 0 aliphatic heterocycles. The van der Waals surface area contributed by atoms with E-state index in [-0.39, 0.29) is 11.9 Å². The fourth-order valence-corrected chi connectivity index (χ4v) is 2.39. The highest BCUT2D eigenvalue weighted by Gasteiger charge is 2.10. The van der Waals surface area contributed by atoms with Crippen LogP contribution in [0.4, 0.5) is 0 Å². The Hall–Kier alpha value is -1.82. The van der Waals surface area contributed by atoms with E-state index in [2.05, 4.69) is 15.5 Å². The molecule has 112 valence electrons. The van der Waals surface area contributed by atoms with Crippen molar-refractivity contribution in [3.63, 3.8) is 0 Å². The number of hydrogen-bond donors (Lipinski definition) is 1. The molecule has 6 heteroatoms. The van der Waals surface area contributed by atoms with Gasteiger partial charge in [0.1, 0.15) is 0 Å². The molecule has 0 saturated heterocycles. The maximum absolute atomic E-state index is 11.5. The van der Waals surface area contributed by atoms with Crippen LogP contribution in [0.1, 0.15) is 25.3 Å². The average molecular weight is 305 g/mol. The first-order chi connectivity index (χ1) is 10.0. The Balaban J connectivity index is 1.86. The van der Waals surface area contributed by atoms with Gasteiger partial charge in [0.05, 0.1) is 11.5 Å². The fourth-order valence-electron chi connectivity index (χ4n) is 1.73. The van der Waals surface area contributed by atoms with Crippen LogP contribution >= 0.6 is 11.8 Å². The third-order valence-electron chi connectivity index (χ3n) is 2.69. The van der Waals surface area contributed by atoms with E-state index in [0.29, 0.717) is 23.2 Å². The van der Waals surface area contributed by atoms with Crippen molar-refractivity contribution in [1.29, 1.82) is 0 Å². The van der Waals surface area contributed by atoms with Crippen LogP contribution in [0.2, 0.25) is 0 Å². The van der Waals surface area contributed by atoms with Gasteiger partial charge in [-0.3, -0.25) is 4.79 Å². The van der Waals surface area contributed by atoms with Gasteiger partial charge in [0, 0.05) is 11.6 Å². The van der Waals surface area contributed by atoms with E-state index in [1.165, 1.54) is 17.3 Å². The minimum Gasteiger partial charge on any atom is -0.353 e. The van der Waals surface area contributed by atoms with Crippen molar-refractivity contribution in [2.45, 2.75) is 32.6 Å². The predicted molar refractivity (Wildman–Crippen MR) is 83.9 cm³/mol. The Kier molecular flexibility index (Phi) is 5.38. The van der Waals surface area contributed by atoms with Crippen LogP contribution in [0, 0.1) is 6.92 Å². The molecule has 0 aliphatic rings. The number of amides is 1. The van der Waals surface area contributed by atoms with Gasteiger partial charge < -0.3 is 9.84 Å². The zero-order chi connectivity index (χ0) is 15.2. The number of benzene rings is 1. The first-order valence-corrected chi connectivity index (χ1v) is 7.97. The van der Waals surface area contributed by atoms with Gasteiger partial charge in [-0.15, -0.1) is 11.8 Å². The normalized spacial score (nSPS) is 10.9. The molecule has 0 spiro atoms. The first-order valence-electron chi connectivity index (χ1n) is 6.81. The molecule has 0 fully saturated rings. The predicted octanol–water partition coefficient (Wildman–Crippen LogP) is 2.80. The van der Waals surface area contributed by atoms with Gasteiger partial charge in [0.25, 0.3) is 0 Å². The third-order valence-corrected chi connectivity index (χ3v) is 3.60. The van der Waals surface area contributed by atoms with Crippen LogP contribution in [0.25, 0.3) is 11.4 Å². The van der Waals surface area contributed by atoms with Gasteiger partial charge >= 0.3 is 0 Å². The van der Waals surface area contributed by atoms with Gasteiger partial charge in [-0.25, -0.2) is 0 Å². The number of thioether (sulfide) groups is 1. The number of aromatic nitrogens is 2. The summed E-state index contributed by atoms with van der Waals surface area (Å²) in [6.07, 6.45) is 0. The summed E-state index contributed by atoms with van der Waals surface area (Å²) < 4.78 is 5.20. The number of hydrogen-bond acceptors (Lipinski definition) is 5. The highest BCUT2D eigenvalue weighted by atomic mass is 32.2. The zero-order valence-corrected chi connectivity index (χ0v) is 13.2. The minimum atomic E-state index is 0.0215. The summed E-state index contributed by atoms with van der Waals surface area (Å²) in [4.78, 5) is 15.8. The standard InChI is InChI=1S/C15H19N3O2S/c1-10(2)16-13(19)8-21-9-14-17-15(18-20-14)12-6-4-11(3)5-7-12/h4-7,10H,8-9H2,1-3H3,(H,16,19). The Labute approximate surface area is 128 Å². The maximum Gasteiger partial charge on any atom is 0.236 e. The molecular weight excluding hydrogens is 286 g/mol. The van der Waals surface area contributed by atoms with E-state index in [1.54, 1.807) is 0 Å². The van der Waals surface area contributed by atoms with E-state index in [9.17, 15) is 4.79 Å². The lowest BCUT2D eigenvalue weighted by molar-refractivity contribution is -0.119. The summed E-state index contributed by atoms with van der Waals surface area (Å²) in [5, 5.41) is 6.80. The second-order valence-corrected chi connectivity index (χ2v) is 6.08. The summed E-state index contributed by atoms with van der Waals surface area (Å²) >= 11 is 1.46. The molecule has 0 unspecified atom stereocenters. The lowest BCUT2D eigenvalue weighted by Gasteiger charge is -2.06. The van der Waals surface area contributed by atoms with E-state index < -0.39 is 0 Å². The topological polar surface area (TPSA) is 68.0 Å². The van der Waals surface area contributed by atoms with Gasteiger partial charge in [-0.05, 0) is 20.8 Å². The lowest BCUT2D eigenvalue weighted by atomic mass is 10.1. The molecular formula is C15H19N3O2S. The maximum atomic E-state index is 11.5. The van der Waals surface area contributed by atoms with Crippen molar-refractivity contribution < 1.29 is 9.32 Å². The molecule has 0 atom stereocenters. The van der Waals surface area contributed by atoms with Crippen LogP contribution in [-0.4, -0.2) is 27.8 Å². The van der Waals surface area contributed by atoms with Crippen LogP contribution < -0.4 is 5.32 Å². The quantitative estimate of drug-likeness (QED) is 0.889. The summed E-state index contributed by atoms with van der Waals surface area (Å²) in [6, 6.07) is 8.11. The fraction of sp³-hybridized carbons (Fsp3) is 0.400. The Morgan fingerprint density at radius 3 is 2.71 bits per heavy atom. The van der Waals surface area contributed by atoms with Gasteiger partial charge in [0.15, 0.2) is 0 Å².